The fraction of sp³-hybridized carbons (Fsp3) is 0.538. The normalized spacial score (nSPS) is 12.1. The first-order valence-electron chi connectivity index (χ1n) is 6.06. The van der Waals surface area contributed by atoms with Gasteiger partial charge in [-0.2, -0.15) is 18.4 Å². The zero-order valence-corrected chi connectivity index (χ0v) is 11.5. The summed E-state index contributed by atoms with van der Waals surface area (Å²) in [5.41, 5.74) is -1.55. The number of anilines is 1. The fourth-order valence-electron chi connectivity index (χ4n) is 1.58. The second-order valence-corrected chi connectivity index (χ2v) is 4.75. The topological polar surface area (TPSA) is 57.9 Å². The number of aromatic nitrogens is 1. The first kappa shape index (κ1) is 16.2. The Morgan fingerprint density at radius 3 is 2.50 bits per heavy atom. The summed E-state index contributed by atoms with van der Waals surface area (Å²) in [6, 6.07) is 3.70. The third-order valence-electron chi connectivity index (χ3n) is 2.52. The van der Waals surface area contributed by atoms with Crippen molar-refractivity contribution in [2.45, 2.75) is 32.5 Å². The maximum absolute atomic E-state index is 12.6. The maximum Gasteiger partial charge on any atom is 0.433 e. The lowest BCUT2D eigenvalue weighted by Gasteiger charge is -2.25. The number of halogens is 3. The second-order valence-electron chi connectivity index (χ2n) is 4.75. The molecule has 1 N–H and O–H groups in total. The molecule has 0 aliphatic carbocycles. The molecule has 0 spiro atoms. The van der Waals surface area contributed by atoms with Crippen LogP contribution >= 0.6 is 0 Å². The molecule has 0 fully saturated rings. The van der Waals surface area contributed by atoms with E-state index in [2.05, 4.69) is 10.3 Å². The van der Waals surface area contributed by atoms with Crippen LogP contribution in [0.1, 0.15) is 32.0 Å². The minimum atomic E-state index is -4.54. The molecule has 0 aliphatic rings. The smallest absolute Gasteiger partial charge is 0.374 e. The lowest BCUT2D eigenvalue weighted by atomic mass is 10.1. The van der Waals surface area contributed by atoms with Crippen LogP contribution in [0.5, 0.6) is 0 Å². The van der Waals surface area contributed by atoms with Crippen LogP contribution in [0.15, 0.2) is 12.1 Å². The van der Waals surface area contributed by atoms with Crippen LogP contribution < -0.4 is 5.32 Å². The minimum absolute atomic E-state index is 0.0605. The summed E-state index contributed by atoms with van der Waals surface area (Å²) in [4.78, 5) is 3.46. The van der Waals surface area contributed by atoms with E-state index in [1.165, 1.54) is 0 Å². The number of rotatable bonds is 5. The summed E-state index contributed by atoms with van der Waals surface area (Å²) in [5.74, 6) is -0.0879. The molecule has 0 aliphatic heterocycles. The van der Waals surface area contributed by atoms with E-state index in [4.69, 9.17) is 10.00 Å². The van der Waals surface area contributed by atoms with E-state index >= 15 is 0 Å². The molecule has 0 atom stereocenters. The van der Waals surface area contributed by atoms with Gasteiger partial charge in [0.25, 0.3) is 0 Å². The lowest BCUT2D eigenvalue weighted by molar-refractivity contribution is -0.141. The van der Waals surface area contributed by atoms with Crippen LogP contribution in [-0.4, -0.2) is 23.7 Å². The quantitative estimate of drug-likeness (QED) is 0.903. The summed E-state index contributed by atoms with van der Waals surface area (Å²) in [7, 11) is 0. The number of hydrogen-bond acceptors (Lipinski definition) is 4. The maximum atomic E-state index is 12.6. The summed E-state index contributed by atoms with van der Waals surface area (Å²) in [6.45, 7) is 6.14. The molecule has 20 heavy (non-hydrogen) atoms. The summed E-state index contributed by atoms with van der Waals surface area (Å²) >= 11 is 0. The minimum Gasteiger partial charge on any atom is -0.374 e. The van der Waals surface area contributed by atoms with Gasteiger partial charge in [-0.3, -0.25) is 0 Å². The van der Waals surface area contributed by atoms with Crippen LogP contribution in [0.3, 0.4) is 0 Å². The summed E-state index contributed by atoms with van der Waals surface area (Å²) < 4.78 is 43.2. The van der Waals surface area contributed by atoms with Gasteiger partial charge in [-0.15, -0.1) is 0 Å². The predicted octanol–water partition coefficient (Wildman–Crippen LogP) is 3.20. The predicted molar refractivity (Wildman–Crippen MR) is 68.1 cm³/mol. The van der Waals surface area contributed by atoms with Gasteiger partial charge >= 0.3 is 6.18 Å². The van der Waals surface area contributed by atoms with Gasteiger partial charge in [0.05, 0.1) is 11.2 Å². The highest BCUT2D eigenvalue weighted by molar-refractivity contribution is 5.52. The van der Waals surface area contributed by atoms with Gasteiger partial charge < -0.3 is 10.1 Å². The molecule has 1 aromatic rings. The first-order valence-corrected chi connectivity index (χ1v) is 6.06. The van der Waals surface area contributed by atoms with Crippen molar-refractivity contribution in [1.82, 2.24) is 4.98 Å². The van der Waals surface area contributed by atoms with E-state index in [1.54, 1.807) is 13.8 Å². The average molecular weight is 287 g/mol. The molecule has 0 saturated heterocycles. The van der Waals surface area contributed by atoms with Gasteiger partial charge in [-0.25, -0.2) is 4.98 Å². The molecule has 0 aromatic carbocycles. The molecule has 1 rings (SSSR count). The van der Waals surface area contributed by atoms with Crippen LogP contribution in [0.4, 0.5) is 19.0 Å². The fourth-order valence-corrected chi connectivity index (χ4v) is 1.58. The molecule has 0 amide bonds. The number of nitriles is 1. The Labute approximate surface area is 115 Å². The van der Waals surface area contributed by atoms with E-state index in [0.29, 0.717) is 6.61 Å². The van der Waals surface area contributed by atoms with Crippen LogP contribution in [0.2, 0.25) is 0 Å². The molecule has 0 bridgehead atoms. The molecule has 0 radical (unpaired) electrons. The van der Waals surface area contributed by atoms with Gasteiger partial charge in [0.15, 0.2) is 0 Å². The number of ether oxygens (including phenoxy) is 1. The van der Waals surface area contributed by atoms with Gasteiger partial charge in [0, 0.05) is 13.2 Å². The number of nitrogens with zero attached hydrogens (tertiary/aromatic N) is 2. The van der Waals surface area contributed by atoms with E-state index in [1.807, 2.05) is 13.0 Å². The number of pyridine rings is 1. The van der Waals surface area contributed by atoms with Gasteiger partial charge in [-0.05, 0) is 32.9 Å². The van der Waals surface area contributed by atoms with E-state index < -0.39 is 17.5 Å². The van der Waals surface area contributed by atoms with Gasteiger partial charge in [0.2, 0.25) is 0 Å². The number of hydrogen-bond donors (Lipinski definition) is 1. The molecule has 7 heteroatoms. The summed E-state index contributed by atoms with van der Waals surface area (Å²) in [6.07, 6.45) is -4.54. The molecule has 1 heterocycles. The highest BCUT2D eigenvalue weighted by atomic mass is 19.4. The van der Waals surface area contributed by atoms with Crippen LogP contribution in [-0.2, 0) is 10.9 Å². The van der Waals surface area contributed by atoms with Crippen molar-refractivity contribution in [2.24, 2.45) is 0 Å². The Bertz CT molecular complexity index is 507. The van der Waals surface area contributed by atoms with Crippen molar-refractivity contribution in [2.75, 3.05) is 18.5 Å². The SMILES string of the molecule is CCOC(C)(C)CNc1nc(C(F)(F)F)ccc1C#N. The van der Waals surface area contributed by atoms with Crippen molar-refractivity contribution in [3.8, 4) is 6.07 Å². The van der Waals surface area contributed by atoms with Gasteiger partial charge in [0.1, 0.15) is 17.6 Å². The largest absolute Gasteiger partial charge is 0.433 e. The molecule has 0 saturated carbocycles. The third-order valence-corrected chi connectivity index (χ3v) is 2.52. The molecule has 110 valence electrons. The Morgan fingerprint density at radius 1 is 1.35 bits per heavy atom. The Balaban J connectivity index is 2.96. The van der Waals surface area contributed by atoms with Crippen molar-refractivity contribution >= 4 is 5.82 Å². The number of alkyl halides is 3. The molecular weight excluding hydrogens is 271 g/mol. The van der Waals surface area contributed by atoms with E-state index in [9.17, 15) is 13.2 Å². The Hall–Kier alpha value is -1.81. The van der Waals surface area contributed by atoms with Gasteiger partial charge in [-0.1, -0.05) is 0 Å². The zero-order valence-electron chi connectivity index (χ0n) is 11.5. The zero-order chi connectivity index (χ0) is 15.4. The van der Waals surface area contributed by atoms with Crippen molar-refractivity contribution < 1.29 is 17.9 Å². The highest BCUT2D eigenvalue weighted by Crippen LogP contribution is 2.29. The monoisotopic (exact) mass is 287 g/mol. The van der Waals surface area contributed by atoms with Crippen molar-refractivity contribution in [3.05, 3.63) is 23.4 Å². The first-order chi connectivity index (χ1) is 9.19. The molecule has 0 unspecified atom stereocenters. The Morgan fingerprint density at radius 2 is 2.00 bits per heavy atom. The standard InChI is InChI=1S/C13H16F3N3O/c1-4-20-12(2,3)8-18-11-9(7-17)5-6-10(19-11)13(14,15)16/h5-6H,4,8H2,1-3H3,(H,18,19). The Kier molecular flexibility index (Phi) is 4.95. The van der Waals surface area contributed by atoms with E-state index in [0.717, 1.165) is 12.1 Å². The number of nitrogens with one attached hydrogen (secondary N) is 1. The van der Waals surface area contributed by atoms with Crippen LogP contribution in [0.25, 0.3) is 0 Å². The average Bonchev–Trinajstić information content (AvgIpc) is 2.35. The lowest BCUT2D eigenvalue weighted by Crippen LogP contribution is -2.34. The molecular formula is C13H16F3N3O. The molecule has 4 nitrogen and oxygen atoms in total. The van der Waals surface area contributed by atoms with Crippen LogP contribution in [0, 0.1) is 11.3 Å². The second kappa shape index (κ2) is 6.09. The van der Waals surface area contributed by atoms with E-state index in [-0.39, 0.29) is 17.9 Å². The highest BCUT2D eigenvalue weighted by Gasteiger charge is 2.33. The molecule has 1 aromatic heterocycles. The van der Waals surface area contributed by atoms with Crippen molar-refractivity contribution in [3.63, 3.8) is 0 Å². The third kappa shape index (κ3) is 4.38. The summed E-state index contributed by atoms with van der Waals surface area (Å²) in [5, 5.41) is 11.6. The van der Waals surface area contributed by atoms with Crippen molar-refractivity contribution in [1.29, 1.82) is 5.26 Å².